The van der Waals surface area contributed by atoms with Crippen LogP contribution in [-0.2, 0) is 0 Å². The number of fused-ring (bicyclic) bond motifs is 2. The van der Waals surface area contributed by atoms with E-state index < -0.39 is 17.4 Å². The van der Waals surface area contributed by atoms with Gasteiger partial charge in [-0.15, -0.1) is 0 Å². The van der Waals surface area contributed by atoms with Gasteiger partial charge in [-0.2, -0.15) is 0 Å². The number of hydrogen-bond donors (Lipinski definition) is 2. The van der Waals surface area contributed by atoms with Crippen LogP contribution in [0.5, 0.6) is 11.5 Å². The van der Waals surface area contributed by atoms with Crippen molar-refractivity contribution in [2.45, 2.75) is 0 Å². The van der Waals surface area contributed by atoms with E-state index >= 15 is 0 Å². The first-order valence-electron chi connectivity index (χ1n) is 11.3. The molecule has 5 rings (SSSR count). The highest BCUT2D eigenvalue weighted by molar-refractivity contribution is 6.13. The average Bonchev–Trinajstić information content (AvgIpc) is 2.94. The zero-order valence-electron chi connectivity index (χ0n) is 20.0. The van der Waals surface area contributed by atoms with E-state index in [2.05, 4.69) is 15.7 Å². The number of hydrogen-bond acceptors (Lipinski definition) is 6. The number of para-hydroxylation sites is 1. The molecule has 0 radical (unpaired) electrons. The van der Waals surface area contributed by atoms with Crippen molar-refractivity contribution in [3.8, 4) is 11.5 Å². The number of methoxy groups -OCH3 is 2. The molecule has 0 aliphatic rings. The molecule has 0 saturated heterocycles. The molecule has 0 spiro atoms. The van der Waals surface area contributed by atoms with Crippen LogP contribution in [0.4, 0.5) is 5.69 Å². The third-order valence-electron chi connectivity index (χ3n) is 5.85. The summed E-state index contributed by atoms with van der Waals surface area (Å²) in [5.74, 6) is -0.210. The van der Waals surface area contributed by atoms with E-state index in [1.807, 2.05) is 30.3 Å². The molecule has 2 amide bonds. The summed E-state index contributed by atoms with van der Waals surface area (Å²) in [4.78, 5) is 43.9. The molecule has 0 aliphatic carbocycles. The van der Waals surface area contributed by atoms with E-state index in [1.165, 1.54) is 32.5 Å². The minimum absolute atomic E-state index is 0.201. The Morgan fingerprint density at radius 1 is 0.838 bits per heavy atom. The predicted octanol–water partition coefficient (Wildman–Crippen LogP) is 4.20. The van der Waals surface area contributed by atoms with Crippen molar-refractivity contribution in [2.75, 3.05) is 25.0 Å². The van der Waals surface area contributed by atoms with Crippen LogP contribution in [0.15, 0.2) is 90.0 Å². The van der Waals surface area contributed by atoms with Crippen LogP contribution in [0, 0.1) is 0 Å². The van der Waals surface area contributed by atoms with Gasteiger partial charge in [0, 0.05) is 34.0 Å². The molecule has 2 N–H and O–H groups in total. The molecule has 9 nitrogen and oxygen atoms in total. The number of aromatic nitrogens is 2. The fourth-order valence-electron chi connectivity index (χ4n) is 4.01. The van der Waals surface area contributed by atoms with Gasteiger partial charge in [-0.25, -0.2) is 4.68 Å². The zero-order chi connectivity index (χ0) is 25.9. The van der Waals surface area contributed by atoms with Gasteiger partial charge in [0.2, 0.25) is 0 Å². The SMILES string of the molecule is COc1cc(OC)cc(C(=O)Nn2cc(C(=O)Nc3cnc4ccccc4c3)c3ccccc3c2=O)c1. The number of anilines is 1. The number of carbonyl (C=O) groups is 2. The molecular formula is C28H22N4O5. The number of pyridine rings is 2. The van der Waals surface area contributed by atoms with E-state index in [4.69, 9.17) is 9.47 Å². The summed E-state index contributed by atoms with van der Waals surface area (Å²) < 4.78 is 11.5. The number of nitrogens with one attached hydrogen (secondary N) is 2. The van der Waals surface area contributed by atoms with Crippen LogP contribution in [0.1, 0.15) is 20.7 Å². The van der Waals surface area contributed by atoms with Gasteiger partial charge in [0.05, 0.1) is 37.2 Å². The molecule has 0 atom stereocenters. The molecule has 2 aromatic heterocycles. The van der Waals surface area contributed by atoms with Gasteiger partial charge in [-0.1, -0.05) is 36.4 Å². The first-order chi connectivity index (χ1) is 18.0. The van der Waals surface area contributed by atoms with Gasteiger partial charge in [0.15, 0.2) is 0 Å². The van der Waals surface area contributed by atoms with Crippen molar-refractivity contribution in [2.24, 2.45) is 0 Å². The normalized spacial score (nSPS) is 10.8. The van der Waals surface area contributed by atoms with Crippen molar-refractivity contribution in [1.29, 1.82) is 0 Å². The third-order valence-corrected chi connectivity index (χ3v) is 5.85. The predicted molar refractivity (Wildman–Crippen MR) is 141 cm³/mol. The van der Waals surface area contributed by atoms with Crippen molar-refractivity contribution in [3.63, 3.8) is 0 Å². The largest absolute Gasteiger partial charge is 0.497 e. The molecule has 0 unspecified atom stereocenters. The number of ether oxygens (including phenoxy) is 2. The summed E-state index contributed by atoms with van der Waals surface area (Å²) in [6.07, 6.45) is 2.88. The lowest BCUT2D eigenvalue weighted by Crippen LogP contribution is -2.34. The van der Waals surface area contributed by atoms with E-state index in [1.54, 1.807) is 36.5 Å². The Bertz CT molecular complexity index is 1710. The van der Waals surface area contributed by atoms with Gasteiger partial charge >= 0.3 is 0 Å². The zero-order valence-corrected chi connectivity index (χ0v) is 20.0. The molecule has 0 bridgehead atoms. The molecule has 2 heterocycles. The summed E-state index contributed by atoms with van der Waals surface area (Å²) in [5, 5.41) is 4.44. The third kappa shape index (κ3) is 4.70. The molecule has 5 aromatic rings. The molecular weight excluding hydrogens is 472 g/mol. The quantitative estimate of drug-likeness (QED) is 0.366. The smallest absolute Gasteiger partial charge is 0.277 e. The van der Waals surface area contributed by atoms with Crippen molar-refractivity contribution in [1.82, 2.24) is 9.66 Å². The Hall–Kier alpha value is -5.18. The minimum Gasteiger partial charge on any atom is -0.497 e. The Morgan fingerprint density at radius 2 is 1.51 bits per heavy atom. The summed E-state index contributed by atoms with van der Waals surface area (Å²) in [7, 11) is 2.94. The molecule has 0 fully saturated rings. The maximum Gasteiger partial charge on any atom is 0.277 e. The summed E-state index contributed by atoms with van der Waals surface area (Å²) in [6.45, 7) is 0. The van der Waals surface area contributed by atoms with E-state index in [0.717, 1.165) is 15.6 Å². The number of nitrogens with zero attached hydrogens (tertiary/aromatic N) is 2. The van der Waals surface area contributed by atoms with E-state index in [-0.39, 0.29) is 16.5 Å². The first-order valence-corrected chi connectivity index (χ1v) is 11.3. The highest BCUT2D eigenvalue weighted by Crippen LogP contribution is 2.23. The molecule has 37 heavy (non-hydrogen) atoms. The Balaban J connectivity index is 1.52. The van der Waals surface area contributed by atoms with Crippen LogP contribution >= 0.6 is 0 Å². The topological polar surface area (TPSA) is 112 Å². The van der Waals surface area contributed by atoms with E-state index in [0.29, 0.717) is 22.6 Å². The highest BCUT2D eigenvalue weighted by Gasteiger charge is 2.18. The standard InChI is InChI=1S/C28H22N4O5/c1-36-20-12-18(13-21(14-20)37-2)26(33)31-32-16-24(22-8-4-5-9-23(22)28(32)35)27(34)30-19-11-17-7-3-6-10-25(17)29-15-19/h3-16H,1-2H3,(H,30,34)(H,31,33). The lowest BCUT2D eigenvalue weighted by molar-refractivity contribution is 0.0999. The van der Waals surface area contributed by atoms with Crippen LogP contribution in [0.3, 0.4) is 0 Å². The molecule has 184 valence electrons. The summed E-state index contributed by atoms with van der Waals surface area (Å²) in [6, 6.07) is 20.8. The number of benzene rings is 3. The summed E-state index contributed by atoms with van der Waals surface area (Å²) >= 11 is 0. The number of amides is 2. The van der Waals surface area contributed by atoms with Gasteiger partial charge < -0.3 is 14.8 Å². The van der Waals surface area contributed by atoms with Crippen LogP contribution in [0.2, 0.25) is 0 Å². The second-order valence-corrected chi connectivity index (χ2v) is 8.18. The van der Waals surface area contributed by atoms with Crippen LogP contribution in [0.25, 0.3) is 21.7 Å². The van der Waals surface area contributed by atoms with Gasteiger partial charge in [0.1, 0.15) is 11.5 Å². The number of rotatable bonds is 6. The lowest BCUT2D eigenvalue weighted by atomic mass is 10.1. The van der Waals surface area contributed by atoms with E-state index in [9.17, 15) is 14.4 Å². The Labute approximate surface area is 211 Å². The highest BCUT2D eigenvalue weighted by atomic mass is 16.5. The second kappa shape index (κ2) is 9.82. The fraction of sp³-hybridized carbons (Fsp3) is 0.0714. The van der Waals surface area contributed by atoms with Gasteiger partial charge in [-0.05, 0) is 30.3 Å². The van der Waals surface area contributed by atoms with Gasteiger partial charge in [0.25, 0.3) is 17.4 Å². The second-order valence-electron chi connectivity index (χ2n) is 8.18. The fourth-order valence-corrected chi connectivity index (χ4v) is 4.01. The molecule has 3 aromatic carbocycles. The molecule has 0 aliphatic heterocycles. The average molecular weight is 495 g/mol. The van der Waals surface area contributed by atoms with Crippen LogP contribution < -0.4 is 25.8 Å². The van der Waals surface area contributed by atoms with Crippen molar-refractivity contribution >= 4 is 39.2 Å². The molecule has 0 saturated carbocycles. The molecule has 9 heteroatoms. The van der Waals surface area contributed by atoms with Gasteiger partial charge in [-0.3, -0.25) is 24.8 Å². The van der Waals surface area contributed by atoms with Crippen LogP contribution in [-0.4, -0.2) is 35.7 Å². The monoisotopic (exact) mass is 494 g/mol. The van der Waals surface area contributed by atoms with Crippen molar-refractivity contribution < 1.29 is 19.1 Å². The number of carbonyl (C=O) groups excluding carboxylic acids is 2. The Kier molecular flexibility index (Phi) is 6.25. The Morgan fingerprint density at radius 3 is 2.24 bits per heavy atom. The lowest BCUT2D eigenvalue weighted by Gasteiger charge is -2.14. The maximum atomic E-state index is 13.4. The first kappa shape index (κ1) is 23.6. The summed E-state index contributed by atoms with van der Waals surface area (Å²) in [5.41, 5.74) is 3.80. The maximum absolute atomic E-state index is 13.4. The van der Waals surface area contributed by atoms with Crippen molar-refractivity contribution in [3.05, 3.63) is 107 Å². The minimum atomic E-state index is -0.584.